The summed E-state index contributed by atoms with van der Waals surface area (Å²) in [5, 5.41) is 0. The van der Waals surface area contributed by atoms with Crippen molar-refractivity contribution in [2.75, 3.05) is 7.11 Å². The van der Waals surface area contributed by atoms with Gasteiger partial charge in [0.15, 0.2) is 0 Å². The number of allylic oxidation sites excluding steroid dienone is 1. The fourth-order valence-electron chi connectivity index (χ4n) is 0.660. The Morgan fingerprint density at radius 3 is 2.50 bits per heavy atom. The first kappa shape index (κ1) is 11.3. The Morgan fingerprint density at radius 1 is 1.50 bits per heavy atom. The Bertz CT molecular complexity index is 197. The first-order valence-electron chi connectivity index (χ1n) is 3.74. The summed E-state index contributed by atoms with van der Waals surface area (Å²) in [5.74, 6) is -0.378. The van der Waals surface area contributed by atoms with Crippen molar-refractivity contribution < 1.29 is 9.53 Å². The standard InChI is InChI=1S/C9H14O2S/c1-5-6-7(2)12-8(3)9(10)11-4/h2-3,5-6H2,1,4H3. The maximum atomic E-state index is 10.9. The van der Waals surface area contributed by atoms with Gasteiger partial charge < -0.3 is 4.74 Å². The molecule has 0 aromatic rings. The van der Waals surface area contributed by atoms with Crippen molar-refractivity contribution in [2.24, 2.45) is 0 Å². The van der Waals surface area contributed by atoms with E-state index >= 15 is 0 Å². The number of carbonyl (C=O) groups is 1. The van der Waals surface area contributed by atoms with Gasteiger partial charge in [-0.15, -0.1) is 0 Å². The third kappa shape index (κ3) is 4.23. The number of carbonyl (C=O) groups excluding carboxylic acids is 1. The summed E-state index contributed by atoms with van der Waals surface area (Å²) in [6.07, 6.45) is 1.93. The molecule has 0 aromatic heterocycles. The van der Waals surface area contributed by atoms with E-state index in [0.717, 1.165) is 17.7 Å². The quantitative estimate of drug-likeness (QED) is 0.488. The molecule has 2 nitrogen and oxygen atoms in total. The van der Waals surface area contributed by atoms with Crippen LogP contribution in [0.4, 0.5) is 0 Å². The van der Waals surface area contributed by atoms with Crippen LogP contribution in [0.2, 0.25) is 0 Å². The van der Waals surface area contributed by atoms with E-state index in [1.54, 1.807) is 0 Å². The molecule has 0 heterocycles. The molecule has 0 spiro atoms. The van der Waals surface area contributed by atoms with Crippen molar-refractivity contribution in [1.29, 1.82) is 0 Å². The number of hydrogen-bond donors (Lipinski definition) is 0. The van der Waals surface area contributed by atoms with Crippen molar-refractivity contribution in [2.45, 2.75) is 19.8 Å². The zero-order valence-electron chi connectivity index (χ0n) is 7.55. The summed E-state index contributed by atoms with van der Waals surface area (Å²) in [4.78, 5) is 12.2. The summed E-state index contributed by atoms with van der Waals surface area (Å²) in [5.41, 5.74) is 0. The van der Waals surface area contributed by atoms with Crippen LogP contribution in [0.3, 0.4) is 0 Å². The van der Waals surface area contributed by atoms with Gasteiger partial charge in [0, 0.05) is 0 Å². The summed E-state index contributed by atoms with van der Waals surface area (Å²) in [6.45, 7) is 9.43. The minimum Gasteiger partial charge on any atom is -0.465 e. The fourth-order valence-corrected chi connectivity index (χ4v) is 1.48. The summed E-state index contributed by atoms with van der Waals surface area (Å²) >= 11 is 1.29. The van der Waals surface area contributed by atoms with Gasteiger partial charge in [-0.1, -0.05) is 38.3 Å². The molecule has 0 unspecified atom stereocenters. The maximum Gasteiger partial charge on any atom is 0.344 e. The SMILES string of the molecule is C=C(CCC)SC(=C)C(=O)OC. The second-order valence-corrected chi connectivity index (χ2v) is 3.58. The lowest BCUT2D eigenvalue weighted by molar-refractivity contribution is -0.135. The summed E-state index contributed by atoms with van der Waals surface area (Å²) in [7, 11) is 1.34. The van der Waals surface area contributed by atoms with E-state index in [4.69, 9.17) is 0 Å². The number of rotatable bonds is 5. The molecule has 68 valence electrons. The van der Waals surface area contributed by atoms with Gasteiger partial charge in [-0.25, -0.2) is 4.79 Å². The van der Waals surface area contributed by atoms with Crippen LogP contribution in [0.1, 0.15) is 19.8 Å². The van der Waals surface area contributed by atoms with Gasteiger partial charge >= 0.3 is 5.97 Å². The van der Waals surface area contributed by atoms with Gasteiger partial charge in [-0.3, -0.25) is 0 Å². The zero-order valence-corrected chi connectivity index (χ0v) is 8.37. The number of hydrogen-bond acceptors (Lipinski definition) is 3. The van der Waals surface area contributed by atoms with Gasteiger partial charge in [0.1, 0.15) is 0 Å². The maximum absolute atomic E-state index is 10.9. The van der Waals surface area contributed by atoms with E-state index in [9.17, 15) is 4.79 Å². The largest absolute Gasteiger partial charge is 0.465 e. The van der Waals surface area contributed by atoms with Gasteiger partial charge in [-0.05, 0) is 11.3 Å². The van der Waals surface area contributed by atoms with E-state index in [-0.39, 0.29) is 5.97 Å². The number of thioether (sulfide) groups is 1. The molecule has 3 heteroatoms. The molecule has 0 atom stereocenters. The molecule has 0 N–H and O–H groups in total. The monoisotopic (exact) mass is 186 g/mol. The van der Waals surface area contributed by atoms with Crippen LogP contribution < -0.4 is 0 Å². The lowest BCUT2D eigenvalue weighted by Gasteiger charge is -2.04. The Labute approximate surface area is 77.7 Å². The molecule has 12 heavy (non-hydrogen) atoms. The van der Waals surface area contributed by atoms with E-state index in [2.05, 4.69) is 24.8 Å². The van der Waals surface area contributed by atoms with Crippen LogP contribution in [0.25, 0.3) is 0 Å². The summed E-state index contributed by atoms with van der Waals surface area (Å²) < 4.78 is 4.49. The van der Waals surface area contributed by atoms with Crippen LogP contribution >= 0.6 is 11.8 Å². The van der Waals surface area contributed by atoms with Crippen molar-refractivity contribution in [3.8, 4) is 0 Å². The highest BCUT2D eigenvalue weighted by Gasteiger charge is 2.07. The average molecular weight is 186 g/mol. The molecule has 0 aliphatic rings. The van der Waals surface area contributed by atoms with Crippen LogP contribution in [-0.2, 0) is 9.53 Å². The lowest BCUT2D eigenvalue weighted by Crippen LogP contribution is -2.00. The van der Waals surface area contributed by atoms with Crippen LogP contribution in [0.15, 0.2) is 23.0 Å². The highest BCUT2D eigenvalue weighted by atomic mass is 32.2. The Kier molecular flexibility index (Phi) is 5.54. The molecule has 0 aliphatic heterocycles. The predicted molar refractivity (Wildman–Crippen MR) is 52.8 cm³/mol. The minimum atomic E-state index is -0.378. The van der Waals surface area contributed by atoms with Crippen LogP contribution in [0, 0.1) is 0 Å². The van der Waals surface area contributed by atoms with Crippen molar-refractivity contribution in [3.63, 3.8) is 0 Å². The van der Waals surface area contributed by atoms with E-state index in [1.807, 2.05) is 0 Å². The van der Waals surface area contributed by atoms with E-state index in [0.29, 0.717) is 4.91 Å². The number of esters is 1. The molecule has 0 amide bonds. The Morgan fingerprint density at radius 2 is 2.08 bits per heavy atom. The van der Waals surface area contributed by atoms with E-state index in [1.165, 1.54) is 18.9 Å². The molecule has 0 aromatic carbocycles. The predicted octanol–water partition coefficient (Wildman–Crippen LogP) is 2.72. The smallest absolute Gasteiger partial charge is 0.344 e. The van der Waals surface area contributed by atoms with Crippen molar-refractivity contribution >= 4 is 17.7 Å². The van der Waals surface area contributed by atoms with Crippen molar-refractivity contribution in [1.82, 2.24) is 0 Å². The van der Waals surface area contributed by atoms with Gasteiger partial charge in [0.05, 0.1) is 12.0 Å². The topological polar surface area (TPSA) is 26.3 Å². The van der Waals surface area contributed by atoms with E-state index < -0.39 is 0 Å². The molecular weight excluding hydrogens is 172 g/mol. The molecular formula is C9H14O2S. The van der Waals surface area contributed by atoms with Gasteiger partial charge in [0.25, 0.3) is 0 Å². The van der Waals surface area contributed by atoms with Crippen LogP contribution in [0.5, 0.6) is 0 Å². The lowest BCUT2D eigenvalue weighted by atomic mass is 10.3. The average Bonchev–Trinajstić information content (AvgIpc) is 2.03. The third-order valence-corrected chi connectivity index (χ3v) is 2.12. The Hall–Kier alpha value is -0.700. The fraction of sp³-hybridized carbons (Fsp3) is 0.444. The second kappa shape index (κ2) is 5.89. The first-order chi connectivity index (χ1) is 5.61. The Balaban J connectivity index is 3.84. The molecule has 0 aliphatic carbocycles. The second-order valence-electron chi connectivity index (χ2n) is 2.31. The molecule has 0 fully saturated rings. The molecule has 0 radical (unpaired) electrons. The zero-order chi connectivity index (χ0) is 9.56. The normalized spacial score (nSPS) is 9.17. The first-order valence-corrected chi connectivity index (χ1v) is 4.56. The highest BCUT2D eigenvalue weighted by molar-refractivity contribution is 8.07. The number of ether oxygens (including phenoxy) is 1. The van der Waals surface area contributed by atoms with Crippen LogP contribution in [-0.4, -0.2) is 13.1 Å². The van der Waals surface area contributed by atoms with Gasteiger partial charge in [-0.2, -0.15) is 0 Å². The molecule has 0 saturated carbocycles. The molecule has 0 saturated heterocycles. The van der Waals surface area contributed by atoms with Gasteiger partial charge in [0.2, 0.25) is 0 Å². The van der Waals surface area contributed by atoms with Crippen molar-refractivity contribution in [3.05, 3.63) is 23.0 Å². The number of methoxy groups -OCH3 is 1. The summed E-state index contributed by atoms with van der Waals surface area (Å²) in [6, 6.07) is 0. The molecule has 0 bridgehead atoms. The molecule has 0 rings (SSSR count). The minimum absolute atomic E-state index is 0.378. The third-order valence-electron chi connectivity index (χ3n) is 1.21. The highest BCUT2D eigenvalue weighted by Crippen LogP contribution is 2.26.